The molecule has 8 heteroatoms. The zero-order valence-electron chi connectivity index (χ0n) is 26.2. The highest BCUT2D eigenvalue weighted by Gasteiger charge is 2.38. The van der Waals surface area contributed by atoms with Crippen molar-refractivity contribution in [2.24, 2.45) is 5.92 Å². The summed E-state index contributed by atoms with van der Waals surface area (Å²) in [7, 11) is 0. The predicted octanol–water partition coefficient (Wildman–Crippen LogP) is 5.55. The van der Waals surface area contributed by atoms with Crippen LogP contribution < -0.4 is 10.2 Å². The summed E-state index contributed by atoms with van der Waals surface area (Å²) in [5, 5.41) is 3.84. The normalized spacial score (nSPS) is 27.7. The first-order valence-electron chi connectivity index (χ1n) is 17.9. The summed E-state index contributed by atoms with van der Waals surface area (Å²) in [5.41, 5.74) is 0. The molecule has 1 aromatic rings. The van der Waals surface area contributed by atoms with Gasteiger partial charge in [-0.1, -0.05) is 51.4 Å². The summed E-state index contributed by atoms with van der Waals surface area (Å²) in [6.07, 6.45) is 23.7. The van der Waals surface area contributed by atoms with Gasteiger partial charge in [-0.05, 0) is 70.4 Å². The molecule has 4 heterocycles. The standard InChI is InChI=1S/C34H57N7O/c42-33(28-12-5-3-6-13-28)40-26-24-38(25-27-40)20-11-16-31-30(18-23-41(31)29-14-7-4-8-15-29)36-34-35-19-17-32(37-34)39-21-9-1-2-10-22-39/h17,19,28-31H,1-16,18,20-27H2,(H,35,36,37)/t30-,31+/m0/s1. The molecule has 2 atom stereocenters. The van der Waals surface area contributed by atoms with Crippen LogP contribution in [-0.4, -0.2) is 101 Å². The Labute approximate surface area is 255 Å². The third kappa shape index (κ3) is 7.77. The van der Waals surface area contributed by atoms with Crippen LogP contribution in [0.5, 0.6) is 0 Å². The Morgan fingerprint density at radius 3 is 2.21 bits per heavy atom. The summed E-state index contributed by atoms with van der Waals surface area (Å²) in [6, 6.07) is 3.80. The number of rotatable bonds is 9. The van der Waals surface area contributed by atoms with E-state index >= 15 is 0 Å². The van der Waals surface area contributed by atoms with Crippen LogP contribution in [0.25, 0.3) is 0 Å². The topological polar surface area (TPSA) is 67.8 Å². The van der Waals surface area contributed by atoms with Gasteiger partial charge < -0.3 is 15.1 Å². The van der Waals surface area contributed by atoms with Crippen LogP contribution >= 0.6 is 0 Å². The lowest BCUT2D eigenvalue weighted by Gasteiger charge is -2.39. The van der Waals surface area contributed by atoms with E-state index in [2.05, 4.69) is 31.0 Å². The molecule has 1 N–H and O–H groups in total. The first-order valence-corrected chi connectivity index (χ1v) is 17.9. The second-order valence-corrected chi connectivity index (χ2v) is 13.9. The molecule has 3 aliphatic heterocycles. The fourth-order valence-corrected chi connectivity index (χ4v) is 8.66. The van der Waals surface area contributed by atoms with Crippen LogP contribution in [0.3, 0.4) is 0 Å². The third-order valence-corrected chi connectivity index (χ3v) is 11.1. The van der Waals surface area contributed by atoms with E-state index in [-0.39, 0.29) is 0 Å². The Hall–Kier alpha value is -1.93. The summed E-state index contributed by atoms with van der Waals surface area (Å²) in [4.78, 5) is 32.9. The monoisotopic (exact) mass is 579 g/mol. The average Bonchev–Trinajstić information content (AvgIpc) is 3.24. The van der Waals surface area contributed by atoms with Gasteiger partial charge in [0.05, 0.1) is 0 Å². The third-order valence-electron chi connectivity index (χ3n) is 11.1. The Morgan fingerprint density at radius 1 is 0.786 bits per heavy atom. The molecule has 6 rings (SSSR count). The zero-order chi connectivity index (χ0) is 28.6. The largest absolute Gasteiger partial charge is 0.356 e. The van der Waals surface area contributed by atoms with Gasteiger partial charge in [0.1, 0.15) is 5.82 Å². The lowest BCUT2D eigenvalue weighted by molar-refractivity contribution is -0.138. The van der Waals surface area contributed by atoms with Gasteiger partial charge in [0.2, 0.25) is 11.9 Å². The zero-order valence-corrected chi connectivity index (χ0v) is 26.2. The molecule has 3 saturated heterocycles. The maximum absolute atomic E-state index is 13.0. The molecule has 2 saturated carbocycles. The highest BCUT2D eigenvalue weighted by atomic mass is 16.2. The van der Waals surface area contributed by atoms with Gasteiger partial charge in [0.15, 0.2) is 0 Å². The Bertz CT molecular complexity index is 962. The van der Waals surface area contributed by atoms with Crippen molar-refractivity contribution >= 4 is 17.7 Å². The maximum Gasteiger partial charge on any atom is 0.225 e. The molecule has 0 aromatic carbocycles. The van der Waals surface area contributed by atoms with Crippen LogP contribution in [0.15, 0.2) is 12.3 Å². The Kier molecular flexibility index (Phi) is 10.9. The minimum atomic E-state index is 0.303. The number of likely N-dealkylation sites (tertiary alicyclic amines) is 1. The SMILES string of the molecule is O=C(C1CCCCC1)N1CCN(CCC[C@@H]2[C@@H](Nc3nccc(N4CCCCCC4)n3)CCN2C2CCCCC2)CC1. The number of nitrogens with zero attached hydrogens (tertiary/aromatic N) is 6. The lowest BCUT2D eigenvalue weighted by atomic mass is 9.88. The van der Waals surface area contributed by atoms with Crippen LogP contribution in [0.4, 0.5) is 11.8 Å². The summed E-state index contributed by atoms with van der Waals surface area (Å²) in [5.74, 6) is 2.65. The second kappa shape index (κ2) is 15.2. The molecule has 2 aliphatic carbocycles. The van der Waals surface area contributed by atoms with Crippen molar-refractivity contribution in [3.63, 3.8) is 0 Å². The average molecular weight is 580 g/mol. The fraction of sp³-hybridized carbons (Fsp3) is 0.853. The van der Waals surface area contributed by atoms with Crippen molar-refractivity contribution in [3.8, 4) is 0 Å². The molecular formula is C34H57N7O. The molecule has 0 unspecified atom stereocenters. The summed E-state index contributed by atoms with van der Waals surface area (Å²) < 4.78 is 0. The molecule has 5 aliphatic rings. The molecule has 234 valence electrons. The summed E-state index contributed by atoms with van der Waals surface area (Å²) >= 11 is 0. The first-order chi connectivity index (χ1) is 20.7. The first kappa shape index (κ1) is 30.1. The molecule has 0 radical (unpaired) electrons. The van der Waals surface area contributed by atoms with Gasteiger partial charge in [0, 0.05) is 76.1 Å². The number of piperazine rings is 1. The second-order valence-electron chi connectivity index (χ2n) is 13.9. The Morgan fingerprint density at radius 2 is 1.48 bits per heavy atom. The van der Waals surface area contributed by atoms with Crippen molar-refractivity contribution in [1.82, 2.24) is 24.7 Å². The van der Waals surface area contributed by atoms with Crippen LogP contribution in [0.1, 0.15) is 109 Å². The quantitative estimate of drug-likeness (QED) is 0.412. The van der Waals surface area contributed by atoms with Crippen LogP contribution in [0, 0.1) is 5.92 Å². The molecule has 0 spiro atoms. The smallest absolute Gasteiger partial charge is 0.225 e. The molecule has 42 heavy (non-hydrogen) atoms. The van der Waals surface area contributed by atoms with Gasteiger partial charge in [-0.2, -0.15) is 4.98 Å². The Balaban J connectivity index is 1.03. The van der Waals surface area contributed by atoms with E-state index in [1.165, 1.54) is 103 Å². The fourth-order valence-electron chi connectivity index (χ4n) is 8.66. The van der Waals surface area contributed by atoms with Crippen molar-refractivity contribution in [3.05, 3.63) is 12.3 Å². The van der Waals surface area contributed by atoms with Crippen molar-refractivity contribution in [1.29, 1.82) is 0 Å². The number of anilines is 2. The number of hydrogen-bond donors (Lipinski definition) is 1. The molecule has 1 aromatic heterocycles. The molecule has 1 amide bonds. The van der Waals surface area contributed by atoms with Crippen LogP contribution in [-0.2, 0) is 4.79 Å². The molecule has 0 bridgehead atoms. The van der Waals surface area contributed by atoms with E-state index in [0.717, 1.165) is 76.5 Å². The van der Waals surface area contributed by atoms with Gasteiger partial charge in [-0.15, -0.1) is 0 Å². The number of nitrogens with one attached hydrogen (secondary N) is 1. The van der Waals surface area contributed by atoms with Crippen molar-refractivity contribution < 1.29 is 4.79 Å². The molecule has 8 nitrogen and oxygen atoms in total. The van der Waals surface area contributed by atoms with E-state index in [1.54, 1.807) is 0 Å². The number of carbonyl (C=O) groups excluding carboxylic acids is 1. The minimum absolute atomic E-state index is 0.303. The van der Waals surface area contributed by atoms with E-state index in [9.17, 15) is 4.79 Å². The molecule has 5 fully saturated rings. The number of carbonyl (C=O) groups is 1. The van der Waals surface area contributed by atoms with Crippen molar-refractivity contribution in [2.45, 2.75) is 127 Å². The highest BCUT2D eigenvalue weighted by Crippen LogP contribution is 2.33. The number of hydrogen-bond acceptors (Lipinski definition) is 7. The molecular weight excluding hydrogens is 522 g/mol. The lowest BCUT2D eigenvalue weighted by Crippen LogP contribution is -2.51. The van der Waals surface area contributed by atoms with Crippen LogP contribution in [0.2, 0.25) is 0 Å². The minimum Gasteiger partial charge on any atom is -0.356 e. The van der Waals surface area contributed by atoms with E-state index in [0.29, 0.717) is 23.9 Å². The van der Waals surface area contributed by atoms with Gasteiger partial charge in [-0.3, -0.25) is 14.6 Å². The summed E-state index contributed by atoms with van der Waals surface area (Å²) in [6.45, 7) is 8.48. The van der Waals surface area contributed by atoms with E-state index in [1.807, 2.05) is 6.20 Å². The van der Waals surface area contributed by atoms with E-state index < -0.39 is 0 Å². The van der Waals surface area contributed by atoms with Gasteiger partial charge >= 0.3 is 0 Å². The number of amides is 1. The van der Waals surface area contributed by atoms with Gasteiger partial charge in [-0.25, -0.2) is 4.98 Å². The maximum atomic E-state index is 13.0. The predicted molar refractivity (Wildman–Crippen MR) is 171 cm³/mol. The number of aromatic nitrogens is 2. The highest BCUT2D eigenvalue weighted by molar-refractivity contribution is 5.79. The van der Waals surface area contributed by atoms with E-state index in [4.69, 9.17) is 9.97 Å². The van der Waals surface area contributed by atoms with Crippen molar-refractivity contribution in [2.75, 3.05) is 62.6 Å². The van der Waals surface area contributed by atoms with Gasteiger partial charge in [0.25, 0.3) is 0 Å².